The first-order valence-electron chi connectivity index (χ1n) is 6.75. The van der Waals surface area contributed by atoms with Gasteiger partial charge in [0.1, 0.15) is 5.75 Å². The first-order chi connectivity index (χ1) is 9.35. The van der Waals surface area contributed by atoms with Gasteiger partial charge in [0, 0.05) is 6.54 Å². The normalized spacial score (nSPS) is 13.4. The Labute approximate surface area is 121 Å². The molecule has 20 heavy (non-hydrogen) atoms. The van der Waals surface area contributed by atoms with Crippen molar-refractivity contribution in [1.82, 2.24) is 4.72 Å². The minimum Gasteiger partial charge on any atom is -0.494 e. The summed E-state index contributed by atoms with van der Waals surface area (Å²) in [7, 11) is -3.59. The highest BCUT2D eigenvalue weighted by Gasteiger charge is 2.16. The Morgan fingerprint density at radius 1 is 1.25 bits per heavy atom. The smallest absolute Gasteiger partial charge is 0.240 e. The summed E-state index contributed by atoms with van der Waals surface area (Å²) < 4.78 is 31.7. The quantitative estimate of drug-likeness (QED) is 0.767. The maximum absolute atomic E-state index is 12.0. The molecule has 0 aliphatic carbocycles. The summed E-state index contributed by atoms with van der Waals surface area (Å²) in [6.45, 7) is 6.37. The van der Waals surface area contributed by atoms with E-state index in [4.69, 9.17) is 4.74 Å². The zero-order valence-corrected chi connectivity index (χ0v) is 13.0. The molecule has 0 aromatic heterocycles. The zero-order valence-electron chi connectivity index (χ0n) is 12.2. The Kier molecular flexibility index (Phi) is 6.45. The van der Waals surface area contributed by atoms with E-state index >= 15 is 0 Å². The van der Waals surface area contributed by atoms with Crippen LogP contribution < -0.4 is 9.46 Å². The van der Waals surface area contributed by atoms with Crippen molar-refractivity contribution in [3.63, 3.8) is 0 Å². The molecule has 1 unspecified atom stereocenters. The van der Waals surface area contributed by atoms with Crippen LogP contribution in [0.4, 0.5) is 0 Å². The van der Waals surface area contributed by atoms with Gasteiger partial charge < -0.3 is 9.84 Å². The highest BCUT2D eigenvalue weighted by Crippen LogP contribution is 2.16. The van der Waals surface area contributed by atoms with Crippen LogP contribution in [0.15, 0.2) is 29.2 Å². The van der Waals surface area contributed by atoms with Crippen LogP contribution in [0.25, 0.3) is 0 Å². The second-order valence-electron chi connectivity index (χ2n) is 5.04. The van der Waals surface area contributed by atoms with Gasteiger partial charge in [-0.25, -0.2) is 13.1 Å². The molecule has 0 bridgehead atoms. The van der Waals surface area contributed by atoms with Gasteiger partial charge in [-0.2, -0.15) is 0 Å². The molecule has 1 atom stereocenters. The second-order valence-corrected chi connectivity index (χ2v) is 6.81. The lowest BCUT2D eigenvalue weighted by Crippen LogP contribution is -2.32. The predicted molar refractivity (Wildman–Crippen MR) is 78.3 cm³/mol. The first-order valence-corrected chi connectivity index (χ1v) is 8.24. The largest absolute Gasteiger partial charge is 0.494 e. The number of ether oxygens (including phenoxy) is 1. The number of benzene rings is 1. The number of sulfonamides is 1. The molecule has 1 aromatic rings. The van der Waals surface area contributed by atoms with Gasteiger partial charge >= 0.3 is 0 Å². The molecule has 1 rings (SSSR count). The van der Waals surface area contributed by atoms with Crippen LogP contribution in [0.1, 0.15) is 27.2 Å². The molecule has 1 aromatic carbocycles. The molecule has 0 amide bonds. The van der Waals surface area contributed by atoms with Gasteiger partial charge in [0.05, 0.1) is 17.6 Å². The van der Waals surface area contributed by atoms with Crippen LogP contribution in [0, 0.1) is 5.92 Å². The van der Waals surface area contributed by atoms with E-state index in [1.807, 2.05) is 20.8 Å². The average Bonchev–Trinajstić information content (AvgIpc) is 2.37. The summed E-state index contributed by atoms with van der Waals surface area (Å²) in [5.74, 6) is 0.950. The number of nitrogens with one attached hydrogen (secondary N) is 1. The van der Waals surface area contributed by atoms with Crippen molar-refractivity contribution < 1.29 is 18.3 Å². The summed E-state index contributed by atoms with van der Waals surface area (Å²) in [6, 6.07) is 6.20. The summed E-state index contributed by atoms with van der Waals surface area (Å²) in [4.78, 5) is 0.165. The fourth-order valence-electron chi connectivity index (χ4n) is 1.80. The molecule has 0 aliphatic heterocycles. The van der Waals surface area contributed by atoms with Crippen molar-refractivity contribution >= 4 is 10.0 Å². The van der Waals surface area contributed by atoms with Gasteiger partial charge in [0.15, 0.2) is 0 Å². The van der Waals surface area contributed by atoms with Crippen LogP contribution in [0.2, 0.25) is 0 Å². The van der Waals surface area contributed by atoms with Gasteiger partial charge in [0.25, 0.3) is 0 Å². The lowest BCUT2D eigenvalue weighted by Gasteiger charge is -2.14. The van der Waals surface area contributed by atoms with E-state index in [0.717, 1.165) is 0 Å². The lowest BCUT2D eigenvalue weighted by atomic mass is 10.1. The molecule has 0 fully saturated rings. The highest BCUT2D eigenvalue weighted by atomic mass is 32.2. The molecule has 0 aliphatic rings. The van der Waals surface area contributed by atoms with E-state index in [9.17, 15) is 13.5 Å². The summed E-state index contributed by atoms with van der Waals surface area (Å²) in [6.07, 6.45) is -0.112. The lowest BCUT2D eigenvalue weighted by molar-refractivity contribution is 0.152. The topological polar surface area (TPSA) is 75.6 Å². The van der Waals surface area contributed by atoms with Crippen LogP contribution >= 0.6 is 0 Å². The SMILES string of the molecule is CCOc1ccc(S(=O)(=O)NCC(O)CC(C)C)cc1. The van der Waals surface area contributed by atoms with Gasteiger partial charge in [0.2, 0.25) is 10.0 Å². The van der Waals surface area contributed by atoms with E-state index < -0.39 is 16.1 Å². The Hall–Kier alpha value is -1.11. The zero-order chi connectivity index (χ0) is 15.2. The standard InChI is InChI=1S/C14H23NO4S/c1-4-19-13-5-7-14(8-6-13)20(17,18)15-10-12(16)9-11(2)3/h5-8,11-12,15-16H,4,9-10H2,1-3H3. The van der Waals surface area contributed by atoms with Gasteiger partial charge in [-0.1, -0.05) is 13.8 Å². The number of aliphatic hydroxyl groups is 1. The van der Waals surface area contributed by atoms with Crippen LogP contribution in [-0.2, 0) is 10.0 Å². The van der Waals surface area contributed by atoms with Crippen LogP contribution in [0.3, 0.4) is 0 Å². The first kappa shape index (κ1) is 16.9. The molecule has 0 saturated heterocycles. The second kappa shape index (κ2) is 7.61. The van der Waals surface area contributed by atoms with Crippen molar-refractivity contribution in [2.24, 2.45) is 5.92 Å². The Morgan fingerprint density at radius 2 is 1.85 bits per heavy atom. The van der Waals surface area contributed by atoms with E-state index in [-0.39, 0.29) is 11.4 Å². The number of aliphatic hydroxyl groups excluding tert-OH is 1. The van der Waals surface area contributed by atoms with Gasteiger partial charge in [-0.05, 0) is 43.5 Å². The number of rotatable bonds is 8. The maximum Gasteiger partial charge on any atom is 0.240 e. The summed E-state index contributed by atoms with van der Waals surface area (Å²) >= 11 is 0. The summed E-state index contributed by atoms with van der Waals surface area (Å²) in [5.41, 5.74) is 0. The monoisotopic (exact) mass is 301 g/mol. The molecule has 0 radical (unpaired) electrons. The minimum absolute atomic E-state index is 0.0216. The molecule has 6 heteroatoms. The Morgan fingerprint density at radius 3 is 2.35 bits per heavy atom. The van der Waals surface area contributed by atoms with E-state index in [1.54, 1.807) is 12.1 Å². The molecule has 0 heterocycles. The predicted octanol–water partition coefficient (Wildman–Crippen LogP) is 1.77. The fourth-order valence-corrected chi connectivity index (χ4v) is 2.87. The van der Waals surface area contributed by atoms with Crippen LogP contribution in [-0.4, -0.2) is 32.8 Å². The minimum atomic E-state index is -3.59. The Balaban J connectivity index is 2.64. The van der Waals surface area contributed by atoms with Crippen molar-refractivity contribution in [1.29, 1.82) is 0 Å². The van der Waals surface area contributed by atoms with E-state index in [1.165, 1.54) is 12.1 Å². The van der Waals surface area contributed by atoms with Crippen LogP contribution in [0.5, 0.6) is 5.75 Å². The average molecular weight is 301 g/mol. The molecular weight excluding hydrogens is 278 g/mol. The van der Waals surface area contributed by atoms with Crippen molar-refractivity contribution in [3.05, 3.63) is 24.3 Å². The fraction of sp³-hybridized carbons (Fsp3) is 0.571. The Bertz CT molecular complexity index is 496. The summed E-state index contributed by atoms with van der Waals surface area (Å²) in [5, 5.41) is 9.70. The third-order valence-electron chi connectivity index (χ3n) is 2.70. The molecule has 0 spiro atoms. The van der Waals surface area contributed by atoms with Crippen molar-refractivity contribution in [2.75, 3.05) is 13.2 Å². The third-order valence-corrected chi connectivity index (χ3v) is 4.14. The molecule has 5 nitrogen and oxygen atoms in total. The molecule has 114 valence electrons. The maximum atomic E-state index is 12.0. The van der Waals surface area contributed by atoms with E-state index in [0.29, 0.717) is 24.7 Å². The van der Waals surface area contributed by atoms with Gasteiger partial charge in [-0.3, -0.25) is 0 Å². The van der Waals surface area contributed by atoms with Crippen molar-refractivity contribution in [2.45, 2.75) is 38.2 Å². The number of hydrogen-bond donors (Lipinski definition) is 2. The van der Waals surface area contributed by atoms with Crippen molar-refractivity contribution in [3.8, 4) is 5.75 Å². The van der Waals surface area contributed by atoms with E-state index in [2.05, 4.69) is 4.72 Å². The number of hydrogen-bond acceptors (Lipinski definition) is 4. The molecule has 2 N–H and O–H groups in total. The van der Waals surface area contributed by atoms with Gasteiger partial charge in [-0.15, -0.1) is 0 Å². The third kappa shape index (κ3) is 5.48. The molecular formula is C14H23NO4S. The molecule has 0 saturated carbocycles. The highest BCUT2D eigenvalue weighted by molar-refractivity contribution is 7.89.